The zero-order valence-electron chi connectivity index (χ0n) is 25.7. The number of piperidine rings is 1. The molecule has 1 unspecified atom stereocenters. The number of likely N-dealkylation sites (tertiary alicyclic amines) is 1. The third-order valence-corrected chi connectivity index (χ3v) is 8.36. The van der Waals surface area contributed by atoms with Gasteiger partial charge in [-0.25, -0.2) is 4.98 Å². The van der Waals surface area contributed by atoms with E-state index in [-0.39, 0.29) is 47.0 Å². The number of nitrogens with zero attached hydrogens (tertiary/aromatic N) is 8. The summed E-state index contributed by atoms with van der Waals surface area (Å²) in [7, 11) is 0. The van der Waals surface area contributed by atoms with Crippen LogP contribution in [0.25, 0.3) is 0 Å². The van der Waals surface area contributed by atoms with Crippen LogP contribution in [0.1, 0.15) is 55.5 Å². The quantitative estimate of drug-likeness (QED) is 0.0978. The lowest BCUT2D eigenvalue weighted by Gasteiger charge is -2.47. The molecule has 14 heteroatoms. The molecule has 0 aliphatic carbocycles. The van der Waals surface area contributed by atoms with E-state index in [1.54, 1.807) is 6.92 Å². The smallest absolute Gasteiger partial charge is 0.291 e. The minimum absolute atomic E-state index is 0.0915. The molecule has 0 bridgehead atoms. The van der Waals surface area contributed by atoms with Gasteiger partial charge in [0.2, 0.25) is 0 Å². The number of H-pyrrole nitrogens is 1. The van der Waals surface area contributed by atoms with Crippen LogP contribution in [0.4, 0.5) is 11.6 Å². The SMILES string of the molecule is C=C/C(=N\N=C(/C)CN=O)c1[nH]c(=O)c(N2CCN(C3CCN(Cc4ccc(C)cc4/C(N)=N\O)CC3)C(CC)C2)nc1N. The van der Waals surface area contributed by atoms with E-state index in [2.05, 4.69) is 65.9 Å². The summed E-state index contributed by atoms with van der Waals surface area (Å²) in [6, 6.07) is 6.79. The normalized spacial score (nSPS) is 19.8. The van der Waals surface area contributed by atoms with Gasteiger partial charge in [0.15, 0.2) is 17.5 Å². The van der Waals surface area contributed by atoms with E-state index < -0.39 is 0 Å². The molecular formula is C30H43N11O3. The number of nitrogens with two attached hydrogens (primary N) is 2. The van der Waals surface area contributed by atoms with Gasteiger partial charge in [0.25, 0.3) is 5.56 Å². The number of allylic oxidation sites excluding steroid dienone is 1. The average molecular weight is 606 g/mol. The van der Waals surface area contributed by atoms with Crippen molar-refractivity contribution in [2.24, 2.45) is 26.3 Å². The van der Waals surface area contributed by atoms with Crippen LogP contribution >= 0.6 is 0 Å². The summed E-state index contributed by atoms with van der Waals surface area (Å²) >= 11 is 0. The van der Waals surface area contributed by atoms with E-state index in [4.69, 9.17) is 11.5 Å². The molecular weight excluding hydrogens is 562 g/mol. The standard InChI is InChI=1S/C30H43N11O3/c1-5-22-18-40(29-30(42)34-26(28(32)35-29)25(6-2)37-36-20(4)16-33-43)13-14-41(22)23-9-11-39(12-10-23)17-21-8-7-19(3)15-24(21)27(31)38-44/h6-8,15,22-23,44H,2,5,9-14,16-18H2,1,3-4H3,(H2,31,38)(H2,32,35)(H,34,42)/b36-20+,37-25+. The first-order valence-corrected chi connectivity index (χ1v) is 14.9. The van der Waals surface area contributed by atoms with Crippen molar-refractivity contribution in [2.45, 2.75) is 58.7 Å². The lowest BCUT2D eigenvalue weighted by Crippen LogP contribution is -2.59. The zero-order valence-corrected chi connectivity index (χ0v) is 25.7. The molecule has 0 saturated carbocycles. The van der Waals surface area contributed by atoms with Crippen LogP contribution in [0, 0.1) is 11.8 Å². The van der Waals surface area contributed by atoms with Crippen LogP contribution in [0.5, 0.6) is 0 Å². The van der Waals surface area contributed by atoms with Crippen molar-refractivity contribution >= 4 is 28.9 Å². The molecule has 14 nitrogen and oxygen atoms in total. The number of amidine groups is 1. The van der Waals surface area contributed by atoms with Crippen LogP contribution in [-0.2, 0) is 6.54 Å². The van der Waals surface area contributed by atoms with E-state index in [1.807, 2.05) is 17.9 Å². The van der Waals surface area contributed by atoms with E-state index in [0.717, 1.165) is 62.1 Å². The van der Waals surface area contributed by atoms with Gasteiger partial charge in [-0.3, -0.25) is 14.6 Å². The second-order valence-corrected chi connectivity index (χ2v) is 11.4. The van der Waals surface area contributed by atoms with E-state index in [1.165, 1.54) is 6.08 Å². The van der Waals surface area contributed by atoms with Gasteiger partial charge in [-0.1, -0.05) is 41.5 Å². The molecule has 0 amide bonds. The Morgan fingerprint density at radius 2 is 1.98 bits per heavy atom. The van der Waals surface area contributed by atoms with E-state index in [0.29, 0.717) is 24.8 Å². The highest BCUT2D eigenvalue weighted by Crippen LogP contribution is 2.26. The molecule has 44 heavy (non-hydrogen) atoms. The number of hydrogen-bond donors (Lipinski definition) is 4. The fraction of sp³-hybridized carbons (Fsp3) is 0.500. The molecule has 2 aromatic rings. The predicted molar refractivity (Wildman–Crippen MR) is 175 cm³/mol. The van der Waals surface area contributed by atoms with Gasteiger partial charge in [-0.2, -0.15) is 10.0 Å². The third-order valence-electron chi connectivity index (χ3n) is 8.36. The maximum Gasteiger partial charge on any atom is 0.291 e. The molecule has 1 aromatic carbocycles. The van der Waals surface area contributed by atoms with Crippen molar-refractivity contribution in [3.8, 4) is 0 Å². The van der Waals surface area contributed by atoms with Crippen LogP contribution in [0.2, 0.25) is 0 Å². The van der Waals surface area contributed by atoms with Crippen molar-refractivity contribution in [3.05, 3.63) is 68.5 Å². The number of aryl methyl sites for hydroxylation is 1. The largest absolute Gasteiger partial charge is 0.409 e. The first-order valence-electron chi connectivity index (χ1n) is 14.9. The van der Waals surface area contributed by atoms with Gasteiger partial charge >= 0.3 is 0 Å². The summed E-state index contributed by atoms with van der Waals surface area (Å²) in [4.78, 5) is 37.9. The number of rotatable bonds is 11. The van der Waals surface area contributed by atoms with Gasteiger partial charge in [-0.05, 0) is 63.9 Å². The topological polar surface area (TPSA) is 194 Å². The van der Waals surface area contributed by atoms with Gasteiger partial charge in [-0.15, -0.1) is 5.10 Å². The van der Waals surface area contributed by atoms with Crippen molar-refractivity contribution in [3.63, 3.8) is 0 Å². The second kappa shape index (κ2) is 14.8. The number of aromatic amines is 1. The van der Waals surface area contributed by atoms with Crippen molar-refractivity contribution in [1.82, 2.24) is 19.8 Å². The highest BCUT2D eigenvalue weighted by Gasteiger charge is 2.34. The number of benzene rings is 1. The van der Waals surface area contributed by atoms with Gasteiger partial charge in [0, 0.05) is 43.8 Å². The number of nitrogens with one attached hydrogen (secondary N) is 1. The fourth-order valence-corrected chi connectivity index (χ4v) is 6.00. The highest BCUT2D eigenvalue weighted by molar-refractivity contribution is 6.10. The molecule has 2 fully saturated rings. The first-order chi connectivity index (χ1) is 21.2. The molecule has 0 radical (unpaired) electrons. The van der Waals surface area contributed by atoms with E-state index in [9.17, 15) is 14.9 Å². The Balaban J connectivity index is 1.41. The first kappa shape index (κ1) is 32.5. The average Bonchev–Trinajstić information content (AvgIpc) is 3.03. The Morgan fingerprint density at radius 3 is 2.64 bits per heavy atom. The van der Waals surface area contributed by atoms with Crippen molar-refractivity contribution in [2.75, 3.05) is 49.9 Å². The molecule has 236 valence electrons. The Bertz CT molecular complexity index is 1490. The molecule has 1 aromatic heterocycles. The molecule has 0 spiro atoms. The van der Waals surface area contributed by atoms with Gasteiger partial charge < -0.3 is 26.6 Å². The van der Waals surface area contributed by atoms with Crippen molar-refractivity contribution in [1.29, 1.82) is 0 Å². The summed E-state index contributed by atoms with van der Waals surface area (Å²) in [5.41, 5.74) is 15.6. The Kier molecular flexibility index (Phi) is 11.0. The Morgan fingerprint density at radius 1 is 1.23 bits per heavy atom. The van der Waals surface area contributed by atoms with Gasteiger partial charge in [0.05, 0.1) is 5.71 Å². The molecule has 3 heterocycles. The molecule has 2 aliphatic heterocycles. The number of oxime groups is 1. The summed E-state index contributed by atoms with van der Waals surface area (Å²) in [5, 5.41) is 23.3. The lowest BCUT2D eigenvalue weighted by atomic mass is 9.97. The zero-order chi connectivity index (χ0) is 31.8. The maximum atomic E-state index is 13.2. The van der Waals surface area contributed by atoms with Crippen LogP contribution in [0.3, 0.4) is 0 Å². The van der Waals surface area contributed by atoms with Crippen LogP contribution < -0.4 is 21.9 Å². The van der Waals surface area contributed by atoms with Gasteiger partial charge in [0.1, 0.15) is 18.0 Å². The molecule has 1 atom stereocenters. The molecule has 2 aliphatic rings. The number of aromatic nitrogens is 2. The molecule has 2 saturated heterocycles. The number of anilines is 2. The van der Waals surface area contributed by atoms with Crippen molar-refractivity contribution < 1.29 is 5.21 Å². The predicted octanol–water partition coefficient (Wildman–Crippen LogP) is 2.44. The van der Waals surface area contributed by atoms with Crippen LogP contribution in [-0.4, -0.2) is 93.6 Å². The third kappa shape index (κ3) is 7.55. The minimum atomic E-state index is -0.363. The summed E-state index contributed by atoms with van der Waals surface area (Å²) < 4.78 is 0. The fourth-order valence-electron chi connectivity index (χ4n) is 6.00. The van der Waals surface area contributed by atoms with Crippen LogP contribution in [0.15, 0.2) is 56.2 Å². The molecule has 6 N–H and O–H groups in total. The number of nitrogen functional groups attached to an aromatic ring is 1. The number of nitroso groups, excluding NO2 is 1. The second-order valence-electron chi connectivity index (χ2n) is 11.4. The summed E-state index contributed by atoms with van der Waals surface area (Å²) in [6.45, 7) is 14.2. The summed E-state index contributed by atoms with van der Waals surface area (Å²) in [5.74, 6) is 0.535. The van der Waals surface area contributed by atoms with E-state index >= 15 is 0 Å². The number of piperazine rings is 1. The maximum absolute atomic E-state index is 13.2. The Hall–Kier alpha value is -4.43. The summed E-state index contributed by atoms with van der Waals surface area (Å²) in [6.07, 6.45) is 4.44. The monoisotopic (exact) mass is 605 g/mol. The highest BCUT2D eigenvalue weighted by atomic mass is 16.4. The number of hydrogen-bond acceptors (Lipinski definition) is 12. The Labute approximate surface area is 257 Å². The lowest BCUT2D eigenvalue weighted by molar-refractivity contribution is 0.0610. The molecule has 4 rings (SSSR count). The minimum Gasteiger partial charge on any atom is -0.409 e.